The zero-order valence-electron chi connectivity index (χ0n) is 22.6. The van der Waals surface area contributed by atoms with Crippen LogP contribution in [-0.4, -0.2) is 61.9 Å². The van der Waals surface area contributed by atoms with E-state index in [4.69, 9.17) is 4.74 Å². The van der Waals surface area contributed by atoms with E-state index >= 15 is 0 Å². The molecule has 2 aromatic rings. The minimum absolute atomic E-state index is 0.0669. The highest BCUT2D eigenvalue weighted by atomic mass is 32.2. The van der Waals surface area contributed by atoms with Crippen LogP contribution in [0.2, 0.25) is 0 Å². The molecule has 2 amide bonds. The molecule has 0 aliphatic heterocycles. The molecular weight excluding hydrogens is 502 g/mol. The van der Waals surface area contributed by atoms with Crippen molar-refractivity contribution in [3.05, 3.63) is 77.4 Å². The zero-order chi connectivity index (χ0) is 27.5. The van der Waals surface area contributed by atoms with Crippen molar-refractivity contribution in [2.45, 2.75) is 58.2 Å². The van der Waals surface area contributed by atoms with Crippen molar-refractivity contribution in [2.24, 2.45) is 0 Å². The van der Waals surface area contributed by atoms with Gasteiger partial charge < -0.3 is 15.0 Å². The molecule has 0 aromatic heterocycles. The van der Waals surface area contributed by atoms with Crippen LogP contribution in [0.15, 0.2) is 66.2 Å². The van der Waals surface area contributed by atoms with Gasteiger partial charge in [-0.25, -0.2) is 8.42 Å². The first-order chi connectivity index (χ1) is 18.2. The van der Waals surface area contributed by atoms with Gasteiger partial charge in [0.15, 0.2) is 0 Å². The fraction of sp³-hybridized carbons (Fsp3) is 0.448. The summed E-state index contributed by atoms with van der Waals surface area (Å²) in [5, 5.41) is 2.97. The standard InChI is InChI=1S/C29H39N3O5S/c1-23(29(34)30-19-18-24-10-6-4-7-11-24)32(21-26-14-16-27(37-2)17-15-26)28(33)22-31(38(3,35)36)20-25-12-8-5-9-13-25/h5,8-10,12-17,23H,4,6-7,11,18-22H2,1-3H3,(H,30,34)/t23-/m0/s1. The van der Waals surface area contributed by atoms with E-state index < -0.39 is 22.0 Å². The summed E-state index contributed by atoms with van der Waals surface area (Å²) in [4.78, 5) is 28.2. The minimum Gasteiger partial charge on any atom is -0.497 e. The van der Waals surface area contributed by atoms with Gasteiger partial charge in [-0.2, -0.15) is 4.31 Å². The van der Waals surface area contributed by atoms with Gasteiger partial charge in [-0.15, -0.1) is 0 Å². The summed E-state index contributed by atoms with van der Waals surface area (Å²) in [5.41, 5.74) is 2.94. The Morgan fingerprint density at radius 2 is 1.68 bits per heavy atom. The third-order valence-electron chi connectivity index (χ3n) is 6.79. The lowest BCUT2D eigenvalue weighted by Gasteiger charge is -2.31. The monoisotopic (exact) mass is 541 g/mol. The fourth-order valence-corrected chi connectivity index (χ4v) is 5.18. The SMILES string of the molecule is COc1ccc(CN(C(=O)CN(Cc2ccccc2)S(C)(=O)=O)[C@@H](C)C(=O)NCCC2=CCCCC2)cc1. The van der Waals surface area contributed by atoms with Crippen molar-refractivity contribution >= 4 is 21.8 Å². The van der Waals surface area contributed by atoms with Crippen LogP contribution in [0.3, 0.4) is 0 Å². The molecule has 0 spiro atoms. The second kappa shape index (κ2) is 14.1. The number of amides is 2. The molecule has 0 bridgehead atoms. The summed E-state index contributed by atoms with van der Waals surface area (Å²) >= 11 is 0. The van der Waals surface area contributed by atoms with Gasteiger partial charge in [0.25, 0.3) is 0 Å². The van der Waals surface area contributed by atoms with Gasteiger partial charge in [0.05, 0.1) is 19.9 Å². The summed E-state index contributed by atoms with van der Waals surface area (Å²) < 4.78 is 31.5. The Bertz CT molecular complexity index is 1200. The first-order valence-corrected chi connectivity index (χ1v) is 14.9. The maximum atomic E-state index is 13.6. The molecule has 206 valence electrons. The number of carbonyl (C=O) groups is 2. The predicted molar refractivity (Wildman–Crippen MR) is 149 cm³/mol. The Kier molecular flexibility index (Phi) is 10.9. The van der Waals surface area contributed by atoms with Crippen LogP contribution in [0.4, 0.5) is 0 Å². The number of rotatable bonds is 13. The molecule has 38 heavy (non-hydrogen) atoms. The van der Waals surface area contributed by atoms with Crippen LogP contribution in [0, 0.1) is 0 Å². The van der Waals surface area contributed by atoms with Crippen LogP contribution < -0.4 is 10.1 Å². The number of hydrogen-bond acceptors (Lipinski definition) is 5. The molecule has 3 rings (SSSR count). The van der Waals surface area contributed by atoms with Crippen molar-refractivity contribution in [3.8, 4) is 5.75 Å². The maximum absolute atomic E-state index is 13.6. The molecule has 2 aromatic carbocycles. The Hall–Kier alpha value is -3.17. The quantitative estimate of drug-likeness (QED) is 0.388. The zero-order valence-corrected chi connectivity index (χ0v) is 23.4. The molecule has 0 saturated heterocycles. The number of allylic oxidation sites excluding steroid dienone is 1. The number of carbonyl (C=O) groups excluding carboxylic acids is 2. The highest BCUT2D eigenvalue weighted by Crippen LogP contribution is 2.20. The van der Waals surface area contributed by atoms with Crippen molar-refractivity contribution in [1.82, 2.24) is 14.5 Å². The van der Waals surface area contributed by atoms with Gasteiger partial charge in [-0.1, -0.05) is 54.1 Å². The third-order valence-corrected chi connectivity index (χ3v) is 7.99. The molecular formula is C29H39N3O5S. The van der Waals surface area contributed by atoms with E-state index in [-0.39, 0.29) is 25.5 Å². The summed E-state index contributed by atoms with van der Waals surface area (Å²) in [7, 11) is -2.11. The van der Waals surface area contributed by atoms with Crippen molar-refractivity contribution < 1.29 is 22.7 Å². The Balaban J connectivity index is 1.75. The molecule has 0 radical (unpaired) electrons. The molecule has 1 aliphatic carbocycles. The van der Waals surface area contributed by atoms with Gasteiger partial charge in [0.2, 0.25) is 21.8 Å². The van der Waals surface area contributed by atoms with Gasteiger partial charge in [-0.05, 0) is 62.3 Å². The highest BCUT2D eigenvalue weighted by Gasteiger charge is 2.30. The smallest absolute Gasteiger partial charge is 0.242 e. The van der Waals surface area contributed by atoms with Gasteiger partial charge in [0, 0.05) is 19.6 Å². The summed E-state index contributed by atoms with van der Waals surface area (Å²) in [5.74, 6) is -0.0300. The maximum Gasteiger partial charge on any atom is 0.242 e. The van der Waals surface area contributed by atoms with Gasteiger partial charge in [0.1, 0.15) is 11.8 Å². The normalized spacial score (nSPS) is 14.5. The Labute approximate surface area is 226 Å². The summed E-state index contributed by atoms with van der Waals surface area (Å²) in [6.45, 7) is 2.04. The first kappa shape index (κ1) is 29.4. The van der Waals surface area contributed by atoms with E-state index in [2.05, 4.69) is 11.4 Å². The van der Waals surface area contributed by atoms with E-state index in [1.807, 2.05) is 42.5 Å². The largest absolute Gasteiger partial charge is 0.497 e. The van der Waals surface area contributed by atoms with Gasteiger partial charge >= 0.3 is 0 Å². The van der Waals surface area contributed by atoms with Crippen molar-refractivity contribution in [1.29, 1.82) is 0 Å². The second-order valence-corrected chi connectivity index (χ2v) is 11.7. The third kappa shape index (κ3) is 8.99. The van der Waals surface area contributed by atoms with E-state index in [0.29, 0.717) is 12.3 Å². The van der Waals surface area contributed by atoms with E-state index in [1.54, 1.807) is 26.2 Å². The van der Waals surface area contributed by atoms with Crippen molar-refractivity contribution in [2.75, 3.05) is 26.5 Å². The molecule has 0 fully saturated rings. The fourth-order valence-electron chi connectivity index (χ4n) is 4.46. The number of methoxy groups -OCH3 is 1. The van der Waals surface area contributed by atoms with Crippen LogP contribution >= 0.6 is 0 Å². The molecule has 9 heteroatoms. The Morgan fingerprint density at radius 1 is 1.00 bits per heavy atom. The summed E-state index contributed by atoms with van der Waals surface area (Å²) in [6.07, 6.45) is 8.69. The lowest BCUT2D eigenvalue weighted by molar-refractivity contribution is -0.140. The lowest BCUT2D eigenvalue weighted by Crippen LogP contribution is -2.51. The predicted octanol–water partition coefficient (Wildman–Crippen LogP) is 3.88. The molecule has 8 nitrogen and oxygen atoms in total. The van der Waals surface area contributed by atoms with Crippen LogP contribution in [0.1, 0.15) is 50.2 Å². The highest BCUT2D eigenvalue weighted by molar-refractivity contribution is 7.88. The number of benzene rings is 2. The minimum atomic E-state index is -3.68. The van der Waals surface area contributed by atoms with Crippen LogP contribution in [0.5, 0.6) is 5.75 Å². The average Bonchev–Trinajstić information content (AvgIpc) is 2.92. The van der Waals surface area contributed by atoms with Crippen LogP contribution in [-0.2, 0) is 32.7 Å². The molecule has 0 heterocycles. The number of nitrogens with zero attached hydrogens (tertiary/aromatic N) is 2. The lowest BCUT2D eigenvalue weighted by atomic mass is 9.97. The second-order valence-electron chi connectivity index (χ2n) is 9.71. The summed E-state index contributed by atoms with van der Waals surface area (Å²) in [6, 6.07) is 15.6. The number of sulfonamides is 1. The van der Waals surface area contributed by atoms with E-state index in [9.17, 15) is 18.0 Å². The van der Waals surface area contributed by atoms with E-state index in [1.165, 1.54) is 23.3 Å². The molecule has 1 atom stereocenters. The number of hydrogen-bond donors (Lipinski definition) is 1. The average molecular weight is 542 g/mol. The van der Waals surface area contributed by atoms with Gasteiger partial charge in [-0.3, -0.25) is 9.59 Å². The molecule has 0 saturated carbocycles. The first-order valence-electron chi connectivity index (χ1n) is 13.0. The van der Waals surface area contributed by atoms with Crippen LogP contribution in [0.25, 0.3) is 0 Å². The molecule has 1 aliphatic rings. The molecule has 0 unspecified atom stereocenters. The number of ether oxygens (including phenoxy) is 1. The number of nitrogens with one attached hydrogen (secondary N) is 1. The van der Waals surface area contributed by atoms with Crippen molar-refractivity contribution in [3.63, 3.8) is 0 Å². The Morgan fingerprint density at radius 3 is 2.29 bits per heavy atom. The molecule has 1 N–H and O–H groups in total. The van der Waals surface area contributed by atoms with E-state index in [0.717, 1.165) is 41.0 Å². The topological polar surface area (TPSA) is 96.0 Å².